The van der Waals surface area contributed by atoms with Crippen LogP contribution in [0.2, 0.25) is 0 Å². The normalized spacial score (nSPS) is 11.9. The van der Waals surface area contributed by atoms with E-state index >= 15 is 0 Å². The molecule has 0 spiro atoms. The highest BCUT2D eigenvalue weighted by Crippen LogP contribution is 2.25. The molecule has 16 heavy (non-hydrogen) atoms. The van der Waals surface area contributed by atoms with Gasteiger partial charge in [0.05, 0.1) is 11.4 Å². The van der Waals surface area contributed by atoms with Crippen molar-refractivity contribution in [2.24, 2.45) is 7.05 Å². The number of nitrogens with one attached hydrogen (secondary N) is 1. The molecule has 0 radical (unpaired) electrons. The van der Waals surface area contributed by atoms with Gasteiger partial charge in [-0.3, -0.25) is 9.48 Å². The molecule has 0 fully saturated rings. The Bertz CT molecular complexity index is 402. The predicted octanol–water partition coefficient (Wildman–Crippen LogP) is 1.57. The van der Waals surface area contributed by atoms with Crippen LogP contribution >= 0.6 is 0 Å². The summed E-state index contributed by atoms with van der Waals surface area (Å²) in [4.78, 5) is 10.9. The lowest BCUT2D eigenvalue weighted by Gasteiger charge is -2.14. The molecule has 0 saturated heterocycles. The zero-order valence-corrected chi connectivity index (χ0v) is 8.47. The highest BCUT2D eigenvalue weighted by molar-refractivity contribution is 5.96. The third-order valence-corrected chi connectivity index (χ3v) is 1.84. The van der Waals surface area contributed by atoms with Crippen molar-refractivity contribution in [2.45, 2.75) is 19.3 Å². The summed E-state index contributed by atoms with van der Waals surface area (Å²) in [6, 6.07) is 0. The second kappa shape index (κ2) is 4.11. The SMILES string of the molecule is Cc1nn(C)cc1NC(=O)C(F)(F)C(F)F. The number of rotatable bonds is 3. The smallest absolute Gasteiger partial charge is 0.318 e. The molecule has 0 atom stereocenters. The second-order valence-corrected chi connectivity index (χ2v) is 3.18. The van der Waals surface area contributed by atoms with Crippen LogP contribution in [0.1, 0.15) is 5.69 Å². The Morgan fingerprint density at radius 1 is 1.56 bits per heavy atom. The third kappa shape index (κ3) is 2.31. The maximum absolute atomic E-state index is 12.6. The standard InChI is InChI=1S/C8H9F4N3O/c1-4-5(3-15(2)14-4)13-7(16)8(11,12)6(9)10/h3,6H,1-2H3,(H,13,16). The number of halogens is 4. The van der Waals surface area contributed by atoms with Crippen molar-refractivity contribution >= 4 is 11.6 Å². The topological polar surface area (TPSA) is 46.9 Å². The van der Waals surface area contributed by atoms with Gasteiger partial charge in [-0.15, -0.1) is 0 Å². The minimum absolute atomic E-state index is 0.0205. The van der Waals surface area contributed by atoms with Crippen molar-refractivity contribution < 1.29 is 22.4 Å². The fourth-order valence-electron chi connectivity index (χ4n) is 1.03. The number of amides is 1. The average molecular weight is 239 g/mol. The van der Waals surface area contributed by atoms with Crippen molar-refractivity contribution in [3.05, 3.63) is 11.9 Å². The molecule has 1 aromatic rings. The lowest BCUT2D eigenvalue weighted by molar-refractivity contribution is -0.163. The van der Waals surface area contributed by atoms with Crippen molar-refractivity contribution in [1.82, 2.24) is 9.78 Å². The first-order chi connectivity index (χ1) is 7.25. The second-order valence-electron chi connectivity index (χ2n) is 3.18. The molecule has 4 nitrogen and oxygen atoms in total. The Balaban J connectivity index is 2.83. The first-order valence-corrected chi connectivity index (χ1v) is 4.22. The fraction of sp³-hybridized carbons (Fsp3) is 0.500. The number of aryl methyl sites for hydroxylation is 2. The molecule has 1 rings (SSSR count). The summed E-state index contributed by atoms with van der Waals surface area (Å²) in [5.41, 5.74) is 0.244. The van der Waals surface area contributed by atoms with Crippen LogP contribution in [0, 0.1) is 6.92 Å². The van der Waals surface area contributed by atoms with Gasteiger partial charge in [0, 0.05) is 13.2 Å². The van der Waals surface area contributed by atoms with Gasteiger partial charge in [0.25, 0.3) is 0 Å². The molecule has 90 valence electrons. The van der Waals surface area contributed by atoms with Gasteiger partial charge in [-0.25, -0.2) is 8.78 Å². The van der Waals surface area contributed by atoms with E-state index in [1.54, 1.807) is 5.32 Å². The van der Waals surface area contributed by atoms with Crippen molar-refractivity contribution in [3.8, 4) is 0 Å². The lowest BCUT2D eigenvalue weighted by atomic mass is 10.3. The number of anilines is 1. The van der Waals surface area contributed by atoms with E-state index in [2.05, 4.69) is 5.10 Å². The van der Waals surface area contributed by atoms with E-state index in [0.29, 0.717) is 0 Å². The molecule has 0 aliphatic carbocycles. The number of carbonyl (C=O) groups is 1. The summed E-state index contributed by atoms with van der Waals surface area (Å²) in [5, 5.41) is 5.46. The van der Waals surface area contributed by atoms with Gasteiger partial charge >= 0.3 is 18.3 Å². The summed E-state index contributed by atoms with van der Waals surface area (Å²) in [7, 11) is 1.51. The molecule has 0 aromatic carbocycles. The zero-order valence-electron chi connectivity index (χ0n) is 8.47. The maximum Gasteiger partial charge on any atom is 0.383 e. The van der Waals surface area contributed by atoms with Crippen LogP contribution in [0.3, 0.4) is 0 Å². The van der Waals surface area contributed by atoms with E-state index in [-0.39, 0.29) is 11.4 Å². The fourth-order valence-corrected chi connectivity index (χ4v) is 1.03. The van der Waals surface area contributed by atoms with E-state index in [9.17, 15) is 22.4 Å². The van der Waals surface area contributed by atoms with Crippen molar-refractivity contribution in [2.75, 3.05) is 5.32 Å². The molecular formula is C8H9F4N3O. The van der Waals surface area contributed by atoms with Gasteiger partial charge in [-0.05, 0) is 6.92 Å². The molecule has 0 saturated carbocycles. The van der Waals surface area contributed by atoms with Gasteiger partial charge in [0.1, 0.15) is 0 Å². The summed E-state index contributed by atoms with van der Waals surface area (Å²) in [6.45, 7) is 1.45. The van der Waals surface area contributed by atoms with Crippen LogP contribution in [-0.4, -0.2) is 28.0 Å². The molecule has 0 aliphatic heterocycles. The molecule has 1 amide bonds. The average Bonchev–Trinajstić information content (AvgIpc) is 2.44. The van der Waals surface area contributed by atoms with Crippen LogP contribution in [0.15, 0.2) is 6.20 Å². The van der Waals surface area contributed by atoms with Gasteiger partial charge in [-0.2, -0.15) is 13.9 Å². The van der Waals surface area contributed by atoms with Crippen LogP contribution < -0.4 is 5.32 Å². The highest BCUT2D eigenvalue weighted by atomic mass is 19.3. The molecule has 0 bridgehead atoms. The largest absolute Gasteiger partial charge is 0.383 e. The summed E-state index contributed by atoms with van der Waals surface area (Å²) in [5.74, 6) is -6.75. The Morgan fingerprint density at radius 3 is 2.50 bits per heavy atom. The van der Waals surface area contributed by atoms with Crippen molar-refractivity contribution in [1.29, 1.82) is 0 Å². The van der Waals surface area contributed by atoms with Crippen molar-refractivity contribution in [3.63, 3.8) is 0 Å². The quantitative estimate of drug-likeness (QED) is 0.814. The number of carbonyl (C=O) groups excluding carboxylic acids is 1. The number of nitrogens with zero attached hydrogens (tertiary/aromatic N) is 2. The van der Waals surface area contributed by atoms with Gasteiger partial charge < -0.3 is 5.32 Å². The van der Waals surface area contributed by atoms with E-state index in [1.807, 2.05) is 0 Å². The Kier molecular flexibility index (Phi) is 3.20. The summed E-state index contributed by atoms with van der Waals surface area (Å²) < 4.78 is 50.1. The number of aromatic nitrogens is 2. The van der Waals surface area contributed by atoms with E-state index in [1.165, 1.54) is 24.9 Å². The summed E-state index contributed by atoms with van der Waals surface area (Å²) in [6.07, 6.45) is -2.79. The predicted molar refractivity (Wildman–Crippen MR) is 47.5 cm³/mol. The van der Waals surface area contributed by atoms with Crippen LogP contribution in [-0.2, 0) is 11.8 Å². The molecule has 0 aliphatic rings. The molecular weight excluding hydrogens is 230 g/mol. The molecule has 1 N–H and O–H groups in total. The van der Waals surface area contributed by atoms with Gasteiger partial charge in [0.2, 0.25) is 0 Å². The van der Waals surface area contributed by atoms with Gasteiger partial charge in [-0.1, -0.05) is 0 Å². The number of hydrogen-bond acceptors (Lipinski definition) is 2. The number of hydrogen-bond donors (Lipinski definition) is 1. The van der Waals surface area contributed by atoms with Crippen LogP contribution in [0.4, 0.5) is 23.2 Å². The molecule has 8 heteroatoms. The molecule has 0 unspecified atom stereocenters. The highest BCUT2D eigenvalue weighted by Gasteiger charge is 2.49. The monoisotopic (exact) mass is 239 g/mol. The number of alkyl halides is 4. The minimum Gasteiger partial charge on any atom is -0.318 e. The molecule has 1 aromatic heterocycles. The molecule has 1 heterocycles. The van der Waals surface area contributed by atoms with E-state index in [0.717, 1.165) is 0 Å². The minimum atomic E-state index is -4.71. The Morgan fingerprint density at radius 2 is 2.12 bits per heavy atom. The Labute approximate surface area is 88.2 Å². The zero-order chi connectivity index (χ0) is 12.5. The third-order valence-electron chi connectivity index (χ3n) is 1.84. The van der Waals surface area contributed by atoms with Gasteiger partial charge in [0.15, 0.2) is 0 Å². The van der Waals surface area contributed by atoms with E-state index in [4.69, 9.17) is 0 Å². The van der Waals surface area contributed by atoms with Crippen LogP contribution in [0.25, 0.3) is 0 Å². The Hall–Kier alpha value is -1.60. The maximum atomic E-state index is 12.6. The first-order valence-electron chi connectivity index (χ1n) is 4.22. The lowest BCUT2D eigenvalue weighted by Crippen LogP contribution is -2.41. The first kappa shape index (κ1) is 12.5. The van der Waals surface area contributed by atoms with E-state index < -0.39 is 18.3 Å². The van der Waals surface area contributed by atoms with Crippen LogP contribution in [0.5, 0.6) is 0 Å². The summed E-state index contributed by atoms with van der Waals surface area (Å²) >= 11 is 0.